The molecule has 8 heteroatoms. The molecule has 0 saturated carbocycles. The number of fused-ring (bicyclic) bond motifs is 1. The number of imidazole rings is 1. The molecule has 30 heavy (non-hydrogen) atoms. The van der Waals surface area contributed by atoms with Crippen molar-refractivity contribution in [2.45, 2.75) is 31.8 Å². The van der Waals surface area contributed by atoms with E-state index in [1.165, 1.54) is 0 Å². The molecule has 0 radical (unpaired) electrons. The molecule has 1 aliphatic rings. The number of carbonyl (C=O) groups is 1. The lowest BCUT2D eigenvalue weighted by molar-refractivity contribution is -0.120. The van der Waals surface area contributed by atoms with Gasteiger partial charge in [0.2, 0.25) is 5.91 Å². The number of carbonyl (C=O) groups excluding carboxylic acids is 1. The van der Waals surface area contributed by atoms with Crippen molar-refractivity contribution in [2.75, 3.05) is 33.4 Å². The lowest BCUT2D eigenvalue weighted by Gasteiger charge is -2.31. The zero-order chi connectivity index (χ0) is 20.8. The monoisotopic (exact) mass is 428 g/mol. The van der Waals surface area contributed by atoms with Gasteiger partial charge in [-0.3, -0.25) is 14.1 Å². The average Bonchev–Trinajstić information content (AvgIpc) is 3.35. The molecule has 3 heterocycles. The fourth-order valence-electron chi connectivity index (χ4n) is 3.65. The molecule has 0 unspecified atom stereocenters. The Kier molecular flexibility index (Phi) is 6.99. The van der Waals surface area contributed by atoms with Gasteiger partial charge in [0.15, 0.2) is 4.96 Å². The first-order valence-electron chi connectivity index (χ1n) is 10.3. The molecule has 7 nitrogen and oxygen atoms in total. The van der Waals surface area contributed by atoms with E-state index in [4.69, 9.17) is 9.47 Å². The van der Waals surface area contributed by atoms with Crippen molar-refractivity contribution in [3.63, 3.8) is 0 Å². The van der Waals surface area contributed by atoms with E-state index in [0.29, 0.717) is 19.2 Å². The summed E-state index contributed by atoms with van der Waals surface area (Å²) in [6, 6.07) is 8.48. The van der Waals surface area contributed by atoms with Crippen LogP contribution in [0.3, 0.4) is 0 Å². The first-order chi connectivity index (χ1) is 14.7. The smallest absolute Gasteiger partial charge is 0.226 e. The van der Waals surface area contributed by atoms with Gasteiger partial charge in [0, 0.05) is 50.1 Å². The first-order valence-corrected chi connectivity index (χ1v) is 11.2. The second kappa shape index (κ2) is 10.1. The Morgan fingerprint density at radius 3 is 3.10 bits per heavy atom. The van der Waals surface area contributed by atoms with Crippen LogP contribution >= 0.6 is 11.3 Å². The van der Waals surface area contributed by atoms with E-state index in [1.54, 1.807) is 11.3 Å². The third-order valence-corrected chi connectivity index (χ3v) is 6.17. The van der Waals surface area contributed by atoms with Crippen molar-refractivity contribution in [2.24, 2.45) is 0 Å². The average molecular weight is 429 g/mol. The largest absolute Gasteiger partial charge is 0.492 e. The summed E-state index contributed by atoms with van der Waals surface area (Å²) in [4.78, 5) is 20.0. The molecule has 3 aromatic rings. The molecule has 160 valence electrons. The molecule has 0 atom stereocenters. The highest BCUT2D eigenvalue weighted by atomic mass is 32.1. The Morgan fingerprint density at radius 2 is 2.27 bits per heavy atom. The topological polar surface area (TPSA) is 68.1 Å². The minimum absolute atomic E-state index is 0.0369. The van der Waals surface area contributed by atoms with Gasteiger partial charge in [-0.25, -0.2) is 4.98 Å². The Balaban J connectivity index is 1.20. The van der Waals surface area contributed by atoms with Crippen LogP contribution in [0.1, 0.15) is 24.1 Å². The maximum Gasteiger partial charge on any atom is 0.226 e. The number of benzene rings is 1. The van der Waals surface area contributed by atoms with Crippen molar-refractivity contribution in [3.8, 4) is 5.75 Å². The Hall–Kier alpha value is -2.42. The second-order valence-electron chi connectivity index (χ2n) is 7.60. The summed E-state index contributed by atoms with van der Waals surface area (Å²) in [7, 11) is 2.15. The number of hydrogen-bond donors (Lipinski definition) is 1. The standard InChI is InChI=1S/C22H28N4O3S/c1-25(19-5-9-28-10-6-19)7-11-29-20-4-2-3-17(13-20)15-23-21(27)14-18-16-26-8-12-30-22(26)24-18/h2-4,8,12-13,16,19H,5-7,9-11,14-15H2,1H3,(H,23,27). The highest BCUT2D eigenvalue weighted by Crippen LogP contribution is 2.16. The summed E-state index contributed by atoms with van der Waals surface area (Å²) in [5.41, 5.74) is 1.80. The molecular weight excluding hydrogens is 400 g/mol. The van der Waals surface area contributed by atoms with Crippen LogP contribution in [0.2, 0.25) is 0 Å². The summed E-state index contributed by atoms with van der Waals surface area (Å²) in [5.74, 6) is 0.793. The Morgan fingerprint density at radius 1 is 1.40 bits per heavy atom. The zero-order valence-corrected chi connectivity index (χ0v) is 18.1. The molecule has 1 amide bonds. The number of nitrogens with zero attached hydrogens (tertiary/aromatic N) is 3. The fraction of sp³-hybridized carbons (Fsp3) is 0.455. The molecule has 0 spiro atoms. The van der Waals surface area contributed by atoms with Gasteiger partial charge in [-0.2, -0.15) is 0 Å². The molecule has 2 aromatic heterocycles. The SMILES string of the molecule is CN(CCOc1cccc(CNC(=O)Cc2cn3ccsc3n2)c1)C1CCOCC1. The third kappa shape index (κ3) is 5.59. The van der Waals surface area contributed by atoms with Gasteiger partial charge < -0.3 is 14.8 Å². The number of likely N-dealkylation sites (N-methyl/N-ethyl adjacent to an activating group) is 1. The van der Waals surface area contributed by atoms with Crippen LogP contribution in [0, 0.1) is 0 Å². The zero-order valence-electron chi connectivity index (χ0n) is 17.3. The molecule has 1 fully saturated rings. The van der Waals surface area contributed by atoms with Crippen molar-refractivity contribution < 1.29 is 14.3 Å². The van der Waals surface area contributed by atoms with E-state index in [0.717, 1.165) is 54.6 Å². The molecule has 0 bridgehead atoms. The summed E-state index contributed by atoms with van der Waals surface area (Å²) < 4.78 is 13.3. The van der Waals surface area contributed by atoms with Crippen LogP contribution in [0.5, 0.6) is 5.75 Å². The number of ether oxygens (including phenoxy) is 2. The summed E-state index contributed by atoms with van der Waals surface area (Å²) in [5, 5.41) is 4.94. The number of nitrogens with one attached hydrogen (secondary N) is 1. The summed E-state index contributed by atoms with van der Waals surface area (Å²) >= 11 is 1.56. The van der Waals surface area contributed by atoms with E-state index in [1.807, 2.05) is 46.4 Å². The van der Waals surface area contributed by atoms with E-state index in [2.05, 4.69) is 22.2 Å². The van der Waals surface area contributed by atoms with E-state index >= 15 is 0 Å². The number of rotatable bonds is 9. The Labute approximate surface area is 180 Å². The van der Waals surface area contributed by atoms with Crippen molar-refractivity contribution in [1.29, 1.82) is 0 Å². The predicted molar refractivity (Wildman–Crippen MR) is 117 cm³/mol. The van der Waals surface area contributed by atoms with Crippen LogP contribution in [0.25, 0.3) is 4.96 Å². The van der Waals surface area contributed by atoms with E-state index < -0.39 is 0 Å². The lowest BCUT2D eigenvalue weighted by atomic mass is 10.1. The number of aromatic nitrogens is 2. The van der Waals surface area contributed by atoms with Gasteiger partial charge in [-0.05, 0) is 37.6 Å². The van der Waals surface area contributed by atoms with Gasteiger partial charge in [0.25, 0.3) is 0 Å². The van der Waals surface area contributed by atoms with Crippen molar-refractivity contribution in [3.05, 3.63) is 53.3 Å². The van der Waals surface area contributed by atoms with E-state index in [-0.39, 0.29) is 12.3 Å². The second-order valence-corrected chi connectivity index (χ2v) is 8.47. The van der Waals surface area contributed by atoms with Gasteiger partial charge >= 0.3 is 0 Å². The minimum Gasteiger partial charge on any atom is -0.492 e. The normalized spacial score (nSPS) is 15.0. The maximum absolute atomic E-state index is 12.3. The van der Waals surface area contributed by atoms with Crippen LogP contribution in [-0.2, 0) is 22.5 Å². The van der Waals surface area contributed by atoms with Crippen molar-refractivity contribution in [1.82, 2.24) is 19.6 Å². The first kappa shape index (κ1) is 20.8. The van der Waals surface area contributed by atoms with Gasteiger partial charge in [-0.1, -0.05) is 12.1 Å². The molecular formula is C22H28N4O3S. The van der Waals surface area contributed by atoms with Crippen molar-refractivity contribution >= 4 is 22.2 Å². The molecule has 0 aliphatic carbocycles. The molecule has 1 saturated heterocycles. The molecule has 1 N–H and O–H groups in total. The number of hydrogen-bond acceptors (Lipinski definition) is 6. The maximum atomic E-state index is 12.3. The van der Waals surface area contributed by atoms with Gasteiger partial charge in [-0.15, -0.1) is 11.3 Å². The molecule has 1 aromatic carbocycles. The number of amides is 1. The van der Waals surface area contributed by atoms with E-state index in [9.17, 15) is 4.79 Å². The van der Waals surface area contributed by atoms with Crippen LogP contribution in [0.4, 0.5) is 0 Å². The Bertz CT molecular complexity index is 936. The quantitative estimate of drug-likeness (QED) is 0.568. The minimum atomic E-state index is -0.0369. The highest BCUT2D eigenvalue weighted by Gasteiger charge is 2.18. The fourth-order valence-corrected chi connectivity index (χ4v) is 4.37. The predicted octanol–water partition coefficient (Wildman–Crippen LogP) is 2.74. The van der Waals surface area contributed by atoms with Crippen LogP contribution < -0.4 is 10.1 Å². The molecule has 4 rings (SSSR count). The van der Waals surface area contributed by atoms with Gasteiger partial charge in [0.1, 0.15) is 12.4 Å². The van der Waals surface area contributed by atoms with Gasteiger partial charge in [0.05, 0.1) is 12.1 Å². The summed E-state index contributed by atoms with van der Waals surface area (Å²) in [6.45, 7) is 3.69. The summed E-state index contributed by atoms with van der Waals surface area (Å²) in [6.07, 6.45) is 6.30. The van der Waals surface area contributed by atoms with Crippen LogP contribution in [-0.4, -0.2) is 59.6 Å². The third-order valence-electron chi connectivity index (χ3n) is 5.40. The van der Waals surface area contributed by atoms with Crippen LogP contribution in [0.15, 0.2) is 42.0 Å². The highest BCUT2D eigenvalue weighted by molar-refractivity contribution is 7.15. The molecule has 1 aliphatic heterocycles. The lowest BCUT2D eigenvalue weighted by Crippen LogP contribution is -2.38. The number of thiazole rings is 1.